The fourth-order valence-electron chi connectivity index (χ4n) is 1.46. The van der Waals surface area contributed by atoms with E-state index in [2.05, 4.69) is 4.83 Å². The van der Waals surface area contributed by atoms with Crippen LogP contribution in [0, 0.1) is 0 Å². The summed E-state index contributed by atoms with van der Waals surface area (Å²) in [7, 11) is -3.53. The second-order valence-electron chi connectivity index (χ2n) is 3.60. The van der Waals surface area contributed by atoms with E-state index in [-0.39, 0.29) is 11.5 Å². The highest BCUT2D eigenvalue weighted by Crippen LogP contribution is 2.19. The second kappa shape index (κ2) is 5.42. The molecule has 2 rings (SSSR count). The van der Waals surface area contributed by atoms with E-state index < -0.39 is 10.0 Å². The lowest BCUT2D eigenvalue weighted by Crippen LogP contribution is -2.48. The first-order chi connectivity index (χ1) is 8.12. The third-order valence-corrected chi connectivity index (χ3v) is 4.78. The molecule has 1 fully saturated rings. The van der Waals surface area contributed by atoms with Gasteiger partial charge < -0.3 is 9.84 Å². The quantitative estimate of drug-likeness (QED) is 0.795. The van der Waals surface area contributed by atoms with Crippen molar-refractivity contribution in [1.29, 1.82) is 0 Å². The number of ether oxygens (including phenoxy) is 1. The number of hydrogen-bond acceptors (Lipinski definition) is 6. The normalized spacial score (nSPS) is 18.4. The van der Waals surface area contributed by atoms with Gasteiger partial charge in [-0.2, -0.15) is 0 Å². The number of morpholine rings is 1. The average Bonchev–Trinajstić information content (AvgIpc) is 2.79. The van der Waals surface area contributed by atoms with E-state index in [9.17, 15) is 8.42 Å². The first kappa shape index (κ1) is 12.9. The predicted octanol–water partition coefficient (Wildman–Crippen LogP) is -0.234. The van der Waals surface area contributed by atoms with Crippen LogP contribution < -0.4 is 4.83 Å². The number of rotatable bonds is 4. The maximum absolute atomic E-state index is 12.0. The molecule has 1 aromatic rings. The number of thiophene rings is 1. The summed E-state index contributed by atoms with van der Waals surface area (Å²) in [5, 5.41) is 12.0. The monoisotopic (exact) mass is 278 g/mol. The Morgan fingerprint density at radius 2 is 2.18 bits per heavy atom. The fourth-order valence-corrected chi connectivity index (χ4v) is 3.72. The maximum atomic E-state index is 12.0. The van der Waals surface area contributed by atoms with Gasteiger partial charge in [-0.15, -0.1) is 16.2 Å². The Morgan fingerprint density at radius 3 is 2.76 bits per heavy atom. The van der Waals surface area contributed by atoms with Gasteiger partial charge in [-0.3, -0.25) is 0 Å². The number of aliphatic hydroxyl groups excluding tert-OH is 1. The van der Waals surface area contributed by atoms with E-state index in [1.165, 1.54) is 22.8 Å². The Labute approximate surface area is 104 Å². The van der Waals surface area contributed by atoms with Gasteiger partial charge in [-0.1, -0.05) is 0 Å². The number of nitrogens with zero attached hydrogens (tertiary/aromatic N) is 1. The van der Waals surface area contributed by atoms with Gasteiger partial charge >= 0.3 is 0 Å². The smallest absolute Gasteiger partial charge is 0.254 e. The minimum Gasteiger partial charge on any atom is -0.391 e. The summed E-state index contributed by atoms with van der Waals surface area (Å²) in [5.74, 6) is 0. The first-order valence-corrected chi connectivity index (χ1v) is 7.51. The zero-order chi connectivity index (χ0) is 12.3. The van der Waals surface area contributed by atoms with Crippen molar-refractivity contribution in [2.45, 2.75) is 11.5 Å². The molecular formula is C9H14N2O4S2. The van der Waals surface area contributed by atoms with E-state index in [0.29, 0.717) is 31.2 Å². The molecule has 0 aromatic carbocycles. The number of hydrazine groups is 1. The topological polar surface area (TPSA) is 78.9 Å². The van der Waals surface area contributed by atoms with Gasteiger partial charge in [-0.05, 0) is 6.07 Å². The molecule has 0 aliphatic carbocycles. The highest BCUT2D eigenvalue weighted by atomic mass is 32.2. The molecule has 17 heavy (non-hydrogen) atoms. The Bertz CT molecular complexity index is 465. The summed E-state index contributed by atoms with van der Waals surface area (Å²) in [5.41, 5.74) is 0. The summed E-state index contributed by atoms with van der Waals surface area (Å²) in [6.07, 6.45) is 0. The molecule has 1 aliphatic rings. The van der Waals surface area contributed by atoms with Gasteiger partial charge in [0.15, 0.2) is 0 Å². The van der Waals surface area contributed by atoms with Gasteiger partial charge in [0, 0.05) is 23.3 Å². The fraction of sp³-hybridized carbons (Fsp3) is 0.556. The van der Waals surface area contributed by atoms with Crippen LogP contribution >= 0.6 is 11.3 Å². The van der Waals surface area contributed by atoms with Gasteiger partial charge in [0.2, 0.25) is 0 Å². The molecule has 2 N–H and O–H groups in total. The molecule has 0 atom stereocenters. The molecule has 6 nitrogen and oxygen atoms in total. The second-order valence-corrected chi connectivity index (χ2v) is 6.26. The van der Waals surface area contributed by atoms with Gasteiger partial charge in [0.1, 0.15) is 0 Å². The summed E-state index contributed by atoms with van der Waals surface area (Å²) in [4.78, 5) is 3.32. The molecule has 8 heteroatoms. The first-order valence-electron chi connectivity index (χ1n) is 5.15. The van der Waals surface area contributed by atoms with E-state index in [0.717, 1.165) is 0 Å². The maximum Gasteiger partial charge on any atom is 0.254 e. The highest BCUT2D eigenvalue weighted by Gasteiger charge is 2.21. The third kappa shape index (κ3) is 3.24. The standard InChI is InChI=1S/C9H14N2O4S2/c12-6-8-5-9(7-16-8)17(13,14)10-11-1-3-15-4-2-11/h5,7,10,12H,1-4,6H2. The Balaban J connectivity index is 2.07. The molecule has 0 radical (unpaired) electrons. The van der Waals surface area contributed by atoms with E-state index in [1.807, 2.05) is 0 Å². The molecular weight excluding hydrogens is 264 g/mol. The molecule has 1 saturated heterocycles. The Morgan fingerprint density at radius 1 is 1.47 bits per heavy atom. The van der Waals surface area contributed by atoms with Crippen LogP contribution in [0.1, 0.15) is 4.88 Å². The van der Waals surface area contributed by atoms with Crippen molar-refractivity contribution in [2.75, 3.05) is 26.3 Å². The van der Waals surface area contributed by atoms with Crippen molar-refractivity contribution in [2.24, 2.45) is 0 Å². The molecule has 0 amide bonds. The molecule has 1 aromatic heterocycles. The van der Waals surface area contributed by atoms with Crippen molar-refractivity contribution in [1.82, 2.24) is 9.84 Å². The lowest BCUT2D eigenvalue weighted by Gasteiger charge is -2.26. The molecule has 0 spiro atoms. The summed E-state index contributed by atoms with van der Waals surface area (Å²) < 4.78 is 29.1. The largest absolute Gasteiger partial charge is 0.391 e. The van der Waals surface area contributed by atoms with Crippen LogP contribution in [-0.4, -0.2) is 44.8 Å². The van der Waals surface area contributed by atoms with Gasteiger partial charge in [-0.25, -0.2) is 13.4 Å². The molecule has 0 unspecified atom stereocenters. The van der Waals surface area contributed by atoms with Crippen LogP contribution in [0.2, 0.25) is 0 Å². The van der Waals surface area contributed by atoms with Gasteiger partial charge in [0.05, 0.1) is 24.7 Å². The van der Waals surface area contributed by atoms with E-state index in [4.69, 9.17) is 9.84 Å². The number of nitrogens with one attached hydrogen (secondary N) is 1. The zero-order valence-corrected chi connectivity index (χ0v) is 10.8. The van der Waals surface area contributed by atoms with Crippen LogP contribution in [-0.2, 0) is 21.4 Å². The van der Waals surface area contributed by atoms with Crippen LogP contribution in [0.3, 0.4) is 0 Å². The molecule has 0 saturated carbocycles. The Hall–Kier alpha value is -0.510. The van der Waals surface area contributed by atoms with Crippen molar-refractivity contribution >= 4 is 21.4 Å². The highest BCUT2D eigenvalue weighted by molar-refractivity contribution is 7.89. The van der Waals surface area contributed by atoms with Gasteiger partial charge in [0.25, 0.3) is 10.0 Å². The minimum absolute atomic E-state index is 0.141. The summed E-state index contributed by atoms with van der Waals surface area (Å²) in [6.45, 7) is 1.98. The molecule has 0 bridgehead atoms. The van der Waals surface area contributed by atoms with Crippen LogP contribution in [0.5, 0.6) is 0 Å². The Kier molecular flexibility index (Phi) is 4.13. The minimum atomic E-state index is -3.53. The van der Waals surface area contributed by atoms with Crippen molar-refractivity contribution < 1.29 is 18.3 Å². The molecule has 96 valence electrons. The lowest BCUT2D eigenvalue weighted by atomic mass is 10.5. The number of sulfonamides is 1. The third-order valence-electron chi connectivity index (χ3n) is 2.36. The van der Waals surface area contributed by atoms with Crippen molar-refractivity contribution in [3.05, 3.63) is 16.3 Å². The van der Waals surface area contributed by atoms with E-state index >= 15 is 0 Å². The predicted molar refractivity (Wildman–Crippen MR) is 63.0 cm³/mol. The van der Waals surface area contributed by atoms with E-state index in [1.54, 1.807) is 5.01 Å². The zero-order valence-electron chi connectivity index (χ0n) is 9.13. The summed E-state index contributed by atoms with van der Waals surface area (Å²) >= 11 is 1.23. The van der Waals surface area contributed by atoms with Crippen LogP contribution in [0.4, 0.5) is 0 Å². The lowest BCUT2D eigenvalue weighted by molar-refractivity contribution is 0.0272. The number of aliphatic hydroxyl groups is 1. The van der Waals surface area contributed by atoms with Crippen molar-refractivity contribution in [3.63, 3.8) is 0 Å². The molecule has 2 heterocycles. The summed E-state index contributed by atoms with van der Waals surface area (Å²) in [6, 6.07) is 1.48. The van der Waals surface area contributed by atoms with Crippen molar-refractivity contribution in [3.8, 4) is 0 Å². The SMILES string of the molecule is O=S(=O)(NN1CCOCC1)c1csc(CO)c1. The van der Waals surface area contributed by atoms with Crippen LogP contribution in [0.15, 0.2) is 16.3 Å². The average molecular weight is 278 g/mol. The molecule has 1 aliphatic heterocycles. The van der Waals surface area contributed by atoms with Crippen LogP contribution in [0.25, 0.3) is 0 Å². The number of hydrogen-bond donors (Lipinski definition) is 2.